The fourth-order valence-corrected chi connectivity index (χ4v) is 4.06. The van der Waals surface area contributed by atoms with Gasteiger partial charge >= 0.3 is 5.69 Å². The predicted molar refractivity (Wildman–Crippen MR) is 139 cm³/mol. The fourth-order valence-electron chi connectivity index (χ4n) is 4.06. The molecule has 0 aliphatic heterocycles. The molecule has 0 spiro atoms. The SMILES string of the molecule is CC(C)CN(C(=O)c1cc(C(C)C)nc2c1cnn2C(C)C)c1c(N)n(CC(C)C)c(=O)[nH]c1=O. The number of carbonyl (C=O) groups is 1. The van der Waals surface area contributed by atoms with Crippen molar-refractivity contribution < 1.29 is 4.79 Å². The molecule has 10 nitrogen and oxygen atoms in total. The topological polar surface area (TPSA) is 132 Å². The lowest BCUT2D eigenvalue weighted by molar-refractivity contribution is 0.0985. The second-order valence-electron chi connectivity index (χ2n) is 10.5. The molecule has 3 aromatic heterocycles. The smallest absolute Gasteiger partial charge is 0.330 e. The van der Waals surface area contributed by atoms with Crippen molar-refractivity contribution in [3.63, 3.8) is 0 Å². The second kappa shape index (κ2) is 10.1. The number of aromatic nitrogens is 5. The number of nitrogens with one attached hydrogen (secondary N) is 1. The van der Waals surface area contributed by atoms with Crippen LogP contribution >= 0.6 is 0 Å². The first kappa shape index (κ1) is 26.2. The van der Waals surface area contributed by atoms with Gasteiger partial charge in [0.25, 0.3) is 11.5 Å². The van der Waals surface area contributed by atoms with Gasteiger partial charge in [0.2, 0.25) is 0 Å². The summed E-state index contributed by atoms with van der Waals surface area (Å²) in [5, 5.41) is 5.07. The van der Waals surface area contributed by atoms with Gasteiger partial charge in [0.15, 0.2) is 11.3 Å². The molecule has 0 radical (unpaired) electrons. The van der Waals surface area contributed by atoms with E-state index in [9.17, 15) is 14.4 Å². The maximum atomic E-state index is 14.1. The van der Waals surface area contributed by atoms with Crippen LogP contribution in [-0.4, -0.2) is 36.8 Å². The summed E-state index contributed by atoms with van der Waals surface area (Å²) in [7, 11) is 0. The fraction of sp³-hybridized carbons (Fsp3) is 0.560. The molecule has 0 aliphatic rings. The van der Waals surface area contributed by atoms with E-state index in [0.29, 0.717) is 23.1 Å². The summed E-state index contributed by atoms with van der Waals surface area (Å²) >= 11 is 0. The number of hydrogen-bond acceptors (Lipinski definition) is 6. The Morgan fingerprint density at radius 2 is 1.74 bits per heavy atom. The molecule has 0 saturated heterocycles. The quantitative estimate of drug-likeness (QED) is 0.504. The first-order chi connectivity index (χ1) is 16.3. The molecular weight excluding hydrogens is 446 g/mol. The summed E-state index contributed by atoms with van der Waals surface area (Å²) in [4.78, 5) is 48.2. The normalized spacial score (nSPS) is 12.0. The van der Waals surface area contributed by atoms with Gasteiger partial charge in [0.05, 0.1) is 17.1 Å². The highest BCUT2D eigenvalue weighted by molar-refractivity contribution is 6.14. The number of nitrogen functional groups attached to an aromatic ring is 1. The Bertz CT molecular complexity index is 1350. The molecule has 3 N–H and O–H groups in total. The van der Waals surface area contributed by atoms with Crippen LogP contribution in [0.5, 0.6) is 0 Å². The van der Waals surface area contributed by atoms with E-state index in [1.165, 1.54) is 9.47 Å². The highest BCUT2D eigenvalue weighted by atomic mass is 16.2. The zero-order chi connectivity index (χ0) is 26.2. The molecule has 1 amide bonds. The van der Waals surface area contributed by atoms with Gasteiger partial charge in [-0.1, -0.05) is 41.5 Å². The average molecular weight is 484 g/mol. The summed E-state index contributed by atoms with van der Waals surface area (Å²) < 4.78 is 3.11. The van der Waals surface area contributed by atoms with E-state index in [0.717, 1.165) is 5.69 Å². The Morgan fingerprint density at radius 3 is 2.29 bits per heavy atom. The lowest BCUT2D eigenvalue weighted by atomic mass is 10.0. The largest absolute Gasteiger partial charge is 0.383 e. The number of aromatic amines is 1. The Balaban J connectivity index is 2.30. The third-order valence-electron chi connectivity index (χ3n) is 5.72. The molecular formula is C25H37N7O3. The van der Waals surface area contributed by atoms with Crippen LogP contribution in [0.1, 0.15) is 83.4 Å². The van der Waals surface area contributed by atoms with Gasteiger partial charge in [-0.2, -0.15) is 5.10 Å². The summed E-state index contributed by atoms with van der Waals surface area (Å²) in [6.07, 6.45) is 1.64. The van der Waals surface area contributed by atoms with Crippen molar-refractivity contribution in [1.29, 1.82) is 0 Å². The predicted octanol–water partition coefficient (Wildman–Crippen LogP) is 3.53. The van der Waals surface area contributed by atoms with Crippen molar-refractivity contribution in [2.45, 2.75) is 73.9 Å². The van der Waals surface area contributed by atoms with Crippen LogP contribution in [0, 0.1) is 11.8 Å². The molecule has 0 saturated carbocycles. The molecule has 0 fully saturated rings. The molecule has 0 aromatic carbocycles. The van der Waals surface area contributed by atoms with Crippen molar-refractivity contribution in [3.05, 3.63) is 44.4 Å². The standard InChI is InChI=1S/C25H37N7O3/c1-13(2)11-30(20-21(26)31(12-14(3)4)25(35)29-23(20)33)24(34)17-9-19(15(5)6)28-22-18(17)10-27-32(22)16(7)8/h9-10,13-16H,11-12,26H2,1-8H3,(H,29,33,35). The van der Waals surface area contributed by atoms with Crippen LogP contribution in [0.25, 0.3) is 11.0 Å². The minimum Gasteiger partial charge on any atom is -0.383 e. The van der Waals surface area contributed by atoms with E-state index in [1.807, 2.05) is 55.4 Å². The zero-order valence-corrected chi connectivity index (χ0v) is 21.9. The molecule has 0 atom stereocenters. The molecule has 0 bridgehead atoms. The maximum absolute atomic E-state index is 14.1. The van der Waals surface area contributed by atoms with Crippen molar-refractivity contribution >= 4 is 28.4 Å². The Hall–Kier alpha value is -3.43. The van der Waals surface area contributed by atoms with E-state index < -0.39 is 11.2 Å². The van der Waals surface area contributed by atoms with Gasteiger partial charge in [0.1, 0.15) is 5.82 Å². The van der Waals surface area contributed by atoms with Crippen LogP contribution in [-0.2, 0) is 6.54 Å². The summed E-state index contributed by atoms with van der Waals surface area (Å²) in [6.45, 7) is 16.4. The summed E-state index contributed by atoms with van der Waals surface area (Å²) in [5.74, 6) is -0.194. The zero-order valence-electron chi connectivity index (χ0n) is 21.9. The number of rotatable bonds is 8. The number of amides is 1. The summed E-state index contributed by atoms with van der Waals surface area (Å²) in [5.41, 5.74) is 6.85. The molecule has 3 rings (SSSR count). The molecule has 3 aromatic rings. The Labute approximate surface area is 205 Å². The van der Waals surface area contributed by atoms with Gasteiger partial charge < -0.3 is 10.6 Å². The van der Waals surface area contributed by atoms with Crippen LogP contribution in [0.4, 0.5) is 11.5 Å². The molecule has 3 heterocycles. The molecule has 0 aliphatic carbocycles. The van der Waals surface area contributed by atoms with E-state index in [1.54, 1.807) is 16.9 Å². The lowest BCUT2D eigenvalue weighted by Gasteiger charge is -2.27. The van der Waals surface area contributed by atoms with Crippen molar-refractivity contribution in [2.24, 2.45) is 11.8 Å². The van der Waals surface area contributed by atoms with Crippen LogP contribution in [0.2, 0.25) is 0 Å². The van der Waals surface area contributed by atoms with Crippen molar-refractivity contribution in [2.75, 3.05) is 17.2 Å². The highest BCUT2D eigenvalue weighted by Crippen LogP contribution is 2.28. The van der Waals surface area contributed by atoms with Crippen LogP contribution < -0.4 is 21.9 Å². The van der Waals surface area contributed by atoms with E-state index in [4.69, 9.17) is 10.7 Å². The van der Waals surface area contributed by atoms with Crippen LogP contribution in [0.15, 0.2) is 21.9 Å². The first-order valence-electron chi connectivity index (χ1n) is 12.2. The minimum absolute atomic E-state index is 0.0174. The number of nitrogens with zero attached hydrogens (tertiary/aromatic N) is 5. The number of anilines is 2. The van der Waals surface area contributed by atoms with Crippen LogP contribution in [0.3, 0.4) is 0 Å². The third kappa shape index (κ3) is 5.16. The monoisotopic (exact) mass is 483 g/mol. The van der Waals surface area contributed by atoms with E-state index in [-0.39, 0.29) is 47.8 Å². The number of carbonyl (C=O) groups excluding carboxylic acids is 1. The minimum atomic E-state index is -0.686. The average Bonchev–Trinajstić information content (AvgIpc) is 3.18. The number of pyridine rings is 1. The number of hydrogen-bond donors (Lipinski definition) is 2. The Kier molecular flexibility index (Phi) is 7.52. The number of fused-ring (bicyclic) bond motifs is 1. The number of nitrogens with two attached hydrogens (primary N) is 1. The second-order valence-corrected chi connectivity index (χ2v) is 10.5. The Morgan fingerprint density at radius 1 is 1.09 bits per heavy atom. The van der Waals surface area contributed by atoms with Gasteiger partial charge in [-0.25, -0.2) is 14.5 Å². The summed E-state index contributed by atoms with van der Waals surface area (Å²) in [6, 6.07) is 1.82. The molecule has 0 unspecified atom stereocenters. The maximum Gasteiger partial charge on any atom is 0.330 e. The third-order valence-corrected chi connectivity index (χ3v) is 5.72. The molecule has 10 heteroatoms. The molecule has 35 heavy (non-hydrogen) atoms. The van der Waals surface area contributed by atoms with Gasteiger partial charge in [-0.05, 0) is 37.7 Å². The van der Waals surface area contributed by atoms with Crippen molar-refractivity contribution in [1.82, 2.24) is 24.3 Å². The van der Waals surface area contributed by atoms with E-state index >= 15 is 0 Å². The number of H-pyrrole nitrogens is 1. The molecule has 190 valence electrons. The first-order valence-corrected chi connectivity index (χ1v) is 12.2. The van der Waals surface area contributed by atoms with E-state index in [2.05, 4.69) is 10.1 Å². The lowest BCUT2D eigenvalue weighted by Crippen LogP contribution is -2.43. The van der Waals surface area contributed by atoms with Gasteiger partial charge in [0, 0.05) is 24.8 Å². The van der Waals surface area contributed by atoms with Gasteiger partial charge in [-0.3, -0.25) is 19.1 Å². The van der Waals surface area contributed by atoms with Crippen molar-refractivity contribution in [3.8, 4) is 0 Å². The highest BCUT2D eigenvalue weighted by Gasteiger charge is 2.29. The van der Waals surface area contributed by atoms with Gasteiger partial charge in [-0.15, -0.1) is 0 Å².